The lowest BCUT2D eigenvalue weighted by Crippen LogP contribution is -2.43. The zero-order valence-corrected chi connectivity index (χ0v) is 15.0. The van der Waals surface area contributed by atoms with Crippen molar-refractivity contribution in [3.63, 3.8) is 0 Å². The summed E-state index contributed by atoms with van der Waals surface area (Å²) >= 11 is 2.88. The number of hydrogen-bond acceptors (Lipinski definition) is 6. The molecule has 1 aliphatic rings. The van der Waals surface area contributed by atoms with E-state index in [0.717, 1.165) is 28.4 Å². The molecular formula is C14H19N3O2S3. The van der Waals surface area contributed by atoms with Crippen molar-refractivity contribution in [3.05, 3.63) is 22.5 Å². The van der Waals surface area contributed by atoms with Crippen molar-refractivity contribution >= 4 is 32.7 Å². The molecule has 3 rings (SSSR count). The first kappa shape index (κ1) is 16.1. The minimum atomic E-state index is -3.37. The predicted octanol–water partition coefficient (Wildman–Crippen LogP) is 2.55. The quantitative estimate of drug-likeness (QED) is 0.913. The molecule has 2 aromatic heterocycles. The van der Waals surface area contributed by atoms with Crippen LogP contribution in [0.15, 0.2) is 21.7 Å². The van der Waals surface area contributed by atoms with E-state index in [1.54, 1.807) is 21.7 Å². The van der Waals surface area contributed by atoms with Crippen LogP contribution in [0, 0.1) is 6.92 Å². The zero-order chi connectivity index (χ0) is 15.7. The Morgan fingerprint density at radius 2 is 2.05 bits per heavy atom. The van der Waals surface area contributed by atoms with Crippen LogP contribution in [-0.4, -0.2) is 43.9 Å². The van der Waals surface area contributed by atoms with Gasteiger partial charge < -0.3 is 5.32 Å². The van der Waals surface area contributed by atoms with Gasteiger partial charge in [-0.25, -0.2) is 13.4 Å². The maximum Gasteiger partial charge on any atom is 0.252 e. The van der Waals surface area contributed by atoms with Gasteiger partial charge in [-0.1, -0.05) is 0 Å². The van der Waals surface area contributed by atoms with Gasteiger partial charge in [0.25, 0.3) is 10.0 Å². The molecule has 0 aromatic carbocycles. The second-order valence-corrected chi connectivity index (χ2v) is 9.65. The Labute approximate surface area is 139 Å². The van der Waals surface area contributed by atoms with Crippen LogP contribution in [0.2, 0.25) is 0 Å². The van der Waals surface area contributed by atoms with Crippen LogP contribution < -0.4 is 5.32 Å². The Balaban J connectivity index is 1.80. The molecular weight excluding hydrogens is 338 g/mol. The summed E-state index contributed by atoms with van der Waals surface area (Å²) in [5.74, 6) is 0. The van der Waals surface area contributed by atoms with E-state index in [4.69, 9.17) is 0 Å². The molecule has 0 radical (unpaired) electrons. The molecule has 22 heavy (non-hydrogen) atoms. The molecule has 5 nitrogen and oxygen atoms in total. The maximum absolute atomic E-state index is 12.7. The predicted molar refractivity (Wildman–Crippen MR) is 91.0 cm³/mol. The molecule has 0 spiro atoms. The summed E-state index contributed by atoms with van der Waals surface area (Å²) in [5.41, 5.74) is 0.864. The number of thiazole rings is 1. The molecule has 0 aliphatic carbocycles. The summed E-state index contributed by atoms with van der Waals surface area (Å²) < 4.78 is 27.5. The van der Waals surface area contributed by atoms with Crippen LogP contribution in [0.1, 0.15) is 17.8 Å². The van der Waals surface area contributed by atoms with Crippen LogP contribution in [0.4, 0.5) is 0 Å². The van der Waals surface area contributed by atoms with E-state index >= 15 is 0 Å². The molecule has 120 valence electrons. The lowest BCUT2D eigenvalue weighted by Gasteiger charge is -2.30. The fourth-order valence-corrected chi connectivity index (χ4v) is 6.16. The molecule has 0 bridgehead atoms. The number of hydrogen-bond donors (Lipinski definition) is 1. The first-order valence-electron chi connectivity index (χ1n) is 7.20. The minimum Gasteiger partial charge on any atom is -0.317 e. The number of aromatic nitrogens is 1. The van der Waals surface area contributed by atoms with E-state index in [9.17, 15) is 8.42 Å². The van der Waals surface area contributed by atoms with Crippen molar-refractivity contribution in [2.75, 3.05) is 20.1 Å². The lowest BCUT2D eigenvalue weighted by atomic mass is 10.1. The summed E-state index contributed by atoms with van der Waals surface area (Å²) in [6.07, 6.45) is 1.72. The normalized spacial score (nSPS) is 17.9. The van der Waals surface area contributed by atoms with Gasteiger partial charge in [0.05, 0.1) is 15.6 Å². The summed E-state index contributed by atoms with van der Waals surface area (Å²) in [7, 11) is -1.45. The van der Waals surface area contributed by atoms with Gasteiger partial charge in [0.15, 0.2) is 0 Å². The number of thiophene rings is 1. The topological polar surface area (TPSA) is 62.3 Å². The number of rotatable bonds is 4. The summed E-state index contributed by atoms with van der Waals surface area (Å²) in [6.45, 7) is 3.11. The SMILES string of the molecule is CNC1CCN(S(=O)(=O)c2ccc(-c3csc(C)n3)s2)CC1. The fraction of sp³-hybridized carbons (Fsp3) is 0.500. The van der Waals surface area contributed by atoms with Crippen molar-refractivity contribution < 1.29 is 8.42 Å². The van der Waals surface area contributed by atoms with Crippen molar-refractivity contribution in [1.29, 1.82) is 0 Å². The first-order chi connectivity index (χ1) is 10.5. The third kappa shape index (κ3) is 3.11. The van der Waals surface area contributed by atoms with Gasteiger partial charge in [0.1, 0.15) is 4.21 Å². The van der Waals surface area contributed by atoms with Gasteiger partial charge in [0, 0.05) is 24.5 Å². The molecule has 3 heterocycles. The molecule has 1 aliphatic heterocycles. The molecule has 2 aromatic rings. The molecule has 0 unspecified atom stereocenters. The Morgan fingerprint density at radius 1 is 1.32 bits per heavy atom. The Hall–Kier alpha value is -0.800. The zero-order valence-electron chi connectivity index (χ0n) is 12.6. The lowest BCUT2D eigenvalue weighted by molar-refractivity contribution is 0.299. The van der Waals surface area contributed by atoms with Crippen molar-refractivity contribution in [1.82, 2.24) is 14.6 Å². The summed E-state index contributed by atoms with van der Waals surface area (Å²) in [4.78, 5) is 5.33. The number of sulfonamides is 1. The fourth-order valence-electron chi connectivity index (χ4n) is 2.59. The van der Waals surface area contributed by atoms with E-state index in [-0.39, 0.29) is 0 Å². The summed E-state index contributed by atoms with van der Waals surface area (Å²) in [6, 6.07) is 3.98. The van der Waals surface area contributed by atoms with Gasteiger partial charge >= 0.3 is 0 Å². The number of nitrogens with zero attached hydrogens (tertiary/aromatic N) is 2. The highest BCUT2D eigenvalue weighted by molar-refractivity contribution is 7.91. The average molecular weight is 358 g/mol. The van der Waals surface area contributed by atoms with Crippen molar-refractivity contribution in [2.24, 2.45) is 0 Å². The Bertz CT molecular complexity index is 743. The molecule has 0 atom stereocenters. The van der Waals surface area contributed by atoms with Crippen LogP contribution in [0.5, 0.6) is 0 Å². The highest BCUT2D eigenvalue weighted by Crippen LogP contribution is 2.33. The Kier molecular flexibility index (Phi) is 4.65. The smallest absolute Gasteiger partial charge is 0.252 e. The van der Waals surface area contributed by atoms with Gasteiger partial charge in [0.2, 0.25) is 0 Å². The van der Waals surface area contributed by atoms with E-state index < -0.39 is 10.0 Å². The maximum atomic E-state index is 12.7. The van der Waals surface area contributed by atoms with E-state index in [1.165, 1.54) is 11.3 Å². The van der Waals surface area contributed by atoms with Gasteiger partial charge in [-0.15, -0.1) is 22.7 Å². The van der Waals surface area contributed by atoms with Gasteiger partial charge in [-0.2, -0.15) is 4.31 Å². The summed E-state index contributed by atoms with van der Waals surface area (Å²) in [5, 5.41) is 6.17. The second-order valence-electron chi connectivity index (χ2n) is 5.34. The third-order valence-electron chi connectivity index (χ3n) is 3.91. The molecule has 1 fully saturated rings. The molecule has 8 heteroatoms. The van der Waals surface area contributed by atoms with Crippen molar-refractivity contribution in [2.45, 2.75) is 30.0 Å². The van der Waals surface area contributed by atoms with Crippen LogP contribution in [-0.2, 0) is 10.0 Å². The third-order valence-corrected chi connectivity index (χ3v) is 8.16. The monoisotopic (exact) mass is 357 g/mol. The van der Waals surface area contributed by atoms with Crippen LogP contribution in [0.25, 0.3) is 10.6 Å². The average Bonchev–Trinajstić information content (AvgIpc) is 3.16. The minimum absolute atomic E-state index is 0.413. The number of piperidine rings is 1. The largest absolute Gasteiger partial charge is 0.317 e. The molecule has 0 saturated carbocycles. The van der Waals surface area contributed by atoms with Crippen LogP contribution >= 0.6 is 22.7 Å². The van der Waals surface area contributed by atoms with E-state index in [1.807, 2.05) is 25.4 Å². The van der Waals surface area contributed by atoms with E-state index in [0.29, 0.717) is 23.3 Å². The van der Waals surface area contributed by atoms with Gasteiger partial charge in [-0.3, -0.25) is 0 Å². The number of nitrogens with one attached hydrogen (secondary N) is 1. The second kappa shape index (κ2) is 6.37. The Morgan fingerprint density at radius 3 is 2.64 bits per heavy atom. The van der Waals surface area contributed by atoms with Crippen LogP contribution in [0.3, 0.4) is 0 Å². The highest BCUT2D eigenvalue weighted by atomic mass is 32.2. The molecule has 1 N–H and O–H groups in total. The van der Waals surface area contributed by atoms with E-state index in [2.05, 4.69) is 10.3 Å². The molecule has 1 saturated heterocycles. The number of aryl methyl sites for hydroxylation is 1. The van der Waals surface area contributed by atoms with Gasteiger partial charge in [-0.05, 0) is 38.9 Å². The standard InChI is InChI=1S/C14H19N3O2S3/c1-10-16-12(9-20-10)13-3-4-14(21-13)22(18,19)17-7-5-11(15-2)6-8-17/h3-4,9,11,15H,5-8H2,1-2H3. The molecule has 0 amide bonds. The highest BCUT2D eigenvalue weighted by Gasteiger charge is 2.30. The van der Waals surface area contributed by atoms with Crippen molar-refractivity contribution in [3.8, 4) is 10.6 Å². The first-order valence-corrected chi connectivity index (χ1v) is 10.3.